The third kappa shape index (κ3) is 3.02. The topological polar surface area (TPSA) is 36.4 Å². The van der Waals surface area contributed by atoms with Crippen molar-refractivity contribution < 1.29 is 4.79 Å². The second kappa shape index (κ2) is 5.81. The van der Waals surface area contributed by atoms with Crippen LogP contribution < -0.4 is 0 Å². The predicted octanol–water partition coefficient (Wildman–Crippen LogP) is 2.16. The average molecular weight is 293 g/mol. The van der Waals surface area contributed by atoms with Crippen LogP contribution in [-0.2, 0) is 6.54 Å². The van der Waals surface area contributed by atoms with E-state index in [-0.39, 0.29) is 5.91 Å². The van der Waals surface area contributed by atoms with Crippen LogP contribution in [0.25, 0.3) is 0 Å². The molecule has 1 aliphatic heterocycles. The molecule has 0 aliphatic carbocycles. The molecule has 0 unspecified atom stereocenters. The molecule has 0 N–H and O–H groups in total. The van der Waals surface area contributed by atoms with E-state index in [1.807, 2.05) is 27.9 Å². The molecule has 3 rings (SSSR count). The number of rotatable bonds is 3. The van der Waals surface area contributed by atoms with Crippen LogP contribution in [0, 0.1) is 0 Å². The molecular formula is C13H15N3OS2. The zero-order valence-corrected chi connectivity index (χ0v) is 12.1. The maximum absolute atomic E-state index is 12.2. The fourth-order valence-electron chi connectivity index (χ4n) is 2.21. The monoisotopic (exact) mass is 293 g/mol. The molecule has 19 heavy (non-hydrogen) atoms. The van der Waals surface area contributed by atoms with Crippen molar-refractivity contribution in [3.8, 4) is 0 Å². The van der Waals surface area contributed by atoms with Gasteiger partial charge in [-0.1, -0.05) is 6.07 Å². The second-order valence-corrected chi connectivity index (χ2v) is 6.19. The van der Waals surface area contributed by atoms with E-state index < -0.39 is 0 Å². The fourth-order valence-corrected chi connectivity index (χ4v) is 3.45. The SMILES string of the molecule is O=C(c1cccs1)N1CCN(Cc2cscn2)CC1. The van der Waals surface area contributed by atoms with Crippen LogP contribution in [0.1, 0.15) is 15.4 Å². The number of hydrogen-bond donors (Lipinski definition) is 0. The highest BCUT2D eigenvalue weighted by Crippen LogP contribution is 2.15. The fraction of sp³-hybridized carbons (Fsp3) is 0.385. The number of amides is 1. The van der Waals surface area contributed by atoms with Gasteiger partial charge in [0.05, 0.1) is 16.1 Å². The summed E-state index contributed by atoms with van der Waals surface area (Å²) in [5.74, 6) is 0.170. The summed E-state index contributed by atoms with van der Waals surface area (Å²) >= 11 is 3.15. The number of carbonyl (C=O) groups is 1. The van der Waals surface area contributed by atoms with Gasteiger partial charge in [0.15, 0.2) is 0 Å². The Hall–Kier alpha value is -1.24. The molecule has 100 valence electrons. The van der Waals surface area contributed by atoms with E-state index in [1.165, 1.54) is 11.3 Å². The Morgan fingerprint density at radius 2 is 2.16 bits per heavy atom. The molecule has 4 nitrogen and oxygen atoms in total. The van der Waals surface area contributed by atoms with Crippen LogP contribution in [-0.4, -0.2) is 46.9 Å². The first-order chi connectivity index (χ1) is 9.33. The summed E-state index contributed by atoms with van der Waals surface area (Å²) in [7, 11) is 0. The Balaban J connectivity index is 1.53. The summed E-state index contributed by atoms with van der Waals surface area (Å²) < 4.78 is 0. The van der Waals surface area contributed by atoms with Crippen molar-refractivity contribution >= 4 is 28.6 Å². The molecule has 3 heterocycles. The Kier molecular flexibility index (Phi) is 3.91. The molecule has 0 bridgehead atoms. The van der Waals surface area contributed by atoms with E-state index in [2.05, 4.69) is 15.3 Å². The van der Waals surface area contributed by atoms with E-state index in [0.29, 0.717) is 0 Å². The molecule has 1 saturated heterocycles. The van der Waals surface area contributed by atoms with E-state index >= 15 is 0 Å². The van der Waals surface area contributed by atoms with Crippen molar-refractivity contribution in [1.82, 2.24) is 14.8 Å². The van der Waals surface area contributed by atoms with Gasteiger partial charge in [-0.2, -0.15) is 0 Å². The lowest BCUT2D eigenvalue weighted by Crippen LogP contribution is -2.48. The number of nitrogens with zero attached hydrogens (tertiary/aromatic N) is 3. The van der Waals surface area contributed by atoms with Crippen molar-refractivity contribution in [3.05, 3.63) is 39.0 Å². The minimum Gasteiger partial charge on any atom is -0.335 e. The van der Waals surface area contributed by atoms with E-state index in [1.54, 1.807) is 11.3 Å². The van der Waals surface area contributed by atoms with Gasteiger partial charge in [0, 0.05) is 38.1 Å². The Bertz CT molecular complexity index is 516. The molecule has 0 atom stereocenters. The summed E-state index contributed by atoms with van der Waals surface area (Å²) in [6.45, 7) is 4.36. The second-order valence-electron chi connectivity index (χ2n) is 4.53. The summed E-state index contributed by atoms with van der Waals surface area (Å²) in [6, 6.07) is 3.82. The largest absolute Gasteiger partial charge is 0.335 e. The molecule has 2 aromatic rings. The molecule has 0 saturated carbocycles. The standard InChI is InChI=1S/C13H15N3OS2/c17-13(12-2-1-7-19-12)16-5-3-15(4-6-16)8-11-9-18-10-14-11/h1-2,7,9-10H,3-6,8H2. The number of thiazole rings is 1. The van der Waals surface area contributed by atoms with Crippen LogP contribution in [0.2, 0.25) is 0 Å². The number of hydrogen-bond acceptors (Lipinski definition) is 5. The average Bonchev–Trinajstić information content (AvgIpc) is 3.12. The molecular weight excluding hydrogens is 278 g/mol. The molecule has 0 aromatic carbocycles. The van der Waals surface area contributed by atoms with E-state index in [9.17, 15) is 4.79 Å². The van der Waals surface area contributed by atoms with Crippen LogP contribution in [0.5, 0.6) is 0 Å². The van der Waals surface area contributed by atoms with Crippen molar-refractivity contribution in [2.75, 3.05) is 26.2 Å². The first-order valence-corrected chi connectivity index (χ1v) is 8.07. The van der Waals surface area contributed by atoms with Crippen LogP contribution >= 0.6 is 22.7 Å². The highest BCUT2D eigenvalue weighted by Gasteiger charge is 2.22. The molecule has 1 amide bonds. The van der Waals surface area contributed by atoms with Gasteiger partial charge in [-0.05, 0) is 11.4 Å². The molecule has 2 aromatic heterocycles. The Morgan fingerprint density at radius 3 is 2.79 bits per heavy atom. The van der Waals surface area contributed by atoms with Gasteiger partial charge in [-0.15, -0.1) is 22.7 Å². The van der Waals surface area contributed by atoms with Gasteiger partial charge in [-0.25, -0.2) is 4.98 Å². The number of piperazine rings is 1. The van der Waals surface area contributed by atoms with Crippen molar-refractivity contribution in [2.45, 2.75) is 6.54 Å². The summed E-state index contributed by atoms with van der Waals surface area (Å²) in [4.78, 5) is 21.6. The normalized spacial score (nSPS) is 16.7. The van der Waals surface area contributed by atoms with Gasteiger partial charge in [0.2, 0.25) is 0 Å². The third-order valence-electron chi connectivity index (χ3n) is 3.26. The van der Waals surface area contributed by atoms with E-state index in [4.69, 9.17) is 0 Å². The van der Waals surface area contributed by atoms with Crippen LogP contribution in [0.15, 0.2) is 28.4 Å². The predicted molar refractivity (Wildman–Crippen MR) is 77.6 cm³/mol. The lowest BCUT2D eigenvalue weighted by Gasteiger charge is -2.34. The third-order valence-corrected chi connectivity index (χ3v) is 4.75. The summed E-state index contributed by atoms with van der Waals surface area (Å²) in [5, 5.41) is 4.04. The number of aromatic nitrogens is 1. The quantitative estimate of drug-likeness (QED) is 0.870. The highest BCUT2D eigenvalue weighted by molar-refractivity contribution is 7.12. The van der Waals surface area contributed by atoms with E-state index in [0.717, 1.165) is 43.3 Å². The maximum Gasteiger partial charge on any atom is 0.264 e. The first-order valence-electron chi connectivity index (χ1n) is 6.25. The smallest absolute Gasteiger partial charge is 0.264 e. The lowest BCUT2D eigenvalue weighted by atomic mass is 10.3. The molecule has 0 radical (unpaired) electrons. The minimum absolute atomic E-state index is 0.170. The first kappa shape index (κ1) is 12.8. The van der Waals surface area contributed by atoms with Crippen molar-refractivity contribution in [3.63, 3.8) is 0 Å². The Morgan fingerprint density at radius 1 is 1.32 bits per heavy atom. The van der Waals surface area contributed by atoms with Gasteiger partial charge >= 0.3 is 0 Å². The van der Waals surface area contributed by atoms with Crippen LogP contribution in [0.3, 0.4) is 0 Å². The Labute approximate surface area is 120 Å². The van der Waals surface area contributed by atoms with Crippen molar-refractivity contribution in [2.24, 2.45) is 0 Å². The van der Waals surface area contributed by atoms with Gasteiger partial charge in [-0.3, -0.25) is 9.69 Å². The summed E-state index contributed by atoms with van der Waals surface area (Å²) in [6.07, 6.45) is 0. The van der Waals surface area contributed by atoms with Crippen molar-refractivity contribution in [1.29, 1.82) is 0 Å². The number of thiophene rings is 1. The van der Waals surface area contributed by atoms with Gasteiger partial charge in [0.25, 0.3) is 5.91 Å². The maximum atomic E-state index is 12.2. The molecule has 1 aliphatic rings. The zero-order valence-electron chi connectivity index (χ0n) is 10.5. The van der Waals surface area contributed by atoms with Crippen LogP contribution in [0.4, 0.5) is 0 Å². The van der Waals surface area contributed by atoms with Gasteiger partial charge in [0.1, 0.15) is 0 Å². The molecule has 0 spiro atoms. The minimum atomic E-state index is 0.170. The number of carbonyl (C=O) groups excluding carboxylic acids is 1. The zero-order chi connectivity index (χ0) is 13.1. The molecule has 1 fully saturated rings. The lowest BCUT2D eigenvalue weighted by molar-refractivity contribution is 0.0632. The van der Waals surface area contributed by atoms with Gasteiger partial charge < -0.3 is 4.90 Å². The summed E-state index contributed by atoms with van der Waals surface area (Å²) in [5.41, 5.74) is 2.99. The highest BCUT2D eigenvalue weighted by atomic mass is 32.1. The molecule has 6 heteroatoms.